The Balaban J connectivity index is 1.39. The van der Waals surface area contributed by atoms with Crippen LogP contribution in [0.5, 0.6) is 0 Å². The average Bonchev–Trinajstić information content (AvgIpc) is 3.20. The fraction of sp³-hybridized carbons (Fsp3) is 0.550. The predicted octanol–water partition coefficient (Wildman–Crippen LogP) is 2.30. The van der Waals surface area contributed by atoms with E-state index >= 15 is 0 Å². The van der Waals surface area contributed by atoms with Gasteiger partial charge in [-0.2, -0.15) is 0 Å². The molecule has 0 spiro atoms. The van der Waals surface area contributed by atoms with Crippen molar-refractivity contribution < 1.29 is 9.90 Å². The molecule has 2 N–H and O–H groups in total. The van der Waals surface area contributed by atoms with Crippen LogP contribution in [0.1, 0.15) is 31.2 Å². The van der Waals surface area contributed by atoms with Gasteiger partial charge in [-0.15, -0.1) is 0 Å². The fourth-order valence-corrected chi connectivity index (χ4v) is 3.84. The van der Waals surface area contributed by atoms with Gasteiger partial charge in [0.1, 0.15) is 6.54 Å². The lowest BCUT2D eigenvalue weighted by Gasteiger charge is -2.22. The third-order valence-corrected chi connectivity index (χ3v) is 5.21. The van der Waals surface area contributed by atoms with E-state index in [0.717, 1.165) is 37.9 Å². The highest BCUT2D eigenvalue weighted by atomic mass is 16.3. The van der Waals surface area contributed by atoms with Gasteiger partial charge in [0.15, 0.2) is 0 Å². The number of aryl methyl sites for hydroxylation is 1. The lowest BCUT2D eigenvalue weighted by Crippen LogP contribution is -2.33. The molecular weight excluding hydrogens is 314 g/mol. The number of aliphatic hydroxyl groups excluding tert-OH is 1. The minimum atomic E-state index is 0.0650. The molecule has 1 aliphatic heterocycles. The number of unbranched alkanes of at least 4 members (excludes halogenated alkanes) is 1. The molecule has 0 bridgehead atoms. The number of nitrogens with zero attached hydrogens (tertiary/aromatic N) is 2. The van der Waals surface area contributed by atoms with Crippen molar-refractivity contribution in [2.45, 2.75) is 45.2 Å². The van der Waals surface area contributed by atoms with Gasteiger partial charge in [-0.1, -0.05) is 18.2 Å². The van der Waals surface area contributed by atoms with E-state index in [1.807, 2.05) is 22.9 Å². The number of carbonyl (C=O) groups excluding carboxylic acids is 1. The van der Waals surface area contributed by atoms with Crippen molar-refractivity contribution in [3.05, 3.63) is 36.0 Å². The number of fused-ring (bicyclic) bond motifs is 1. The Morgan fingerprint density at radius 3 is 3.00 bits per heavy atom. The van der Waals surface area contributed by atoms with Gasteiger partial charge in [-0.3, -0.25) is 9.69 Å². The van der Waals surface area contributed by atoms with Crippen LogP contribution in [0.3, 0.4) is 0 Å². The van der Waals surface area contributed by atoms with Gasteiger partial charge in [0.2, 0.25) is 5.91 Å². The molecule has 136 valence electrons. The van der Waals surface area contributed by atoms with Crippen molar-refractivity contribution >= 4 is 16.8 Å². The lowest BCUT2D eigenvalue weighted by atomic mass is 10.2. The molecule has 3 rings (SSSR count). The third-order valence-electron chi connectivity index (χ3n) is 5.21. The average molecular weight is 343 g/mol. The van der Waals surface area contributed by atoms with Gasteiger partial charge < -0.3 is 15.0 Å². The number of benzene rings is 1. The van der Waals surface area contributed by atoms with E-state index in [1.165, 1.54) is 17.4 Å². The highest BCUT2D eigenvalue weighted by Gasteiger charge is 2.22. The van der Waals surface area contributed by atoms with Crippen molar-refractivity contribution in [2.75, 3.05) is 26.2 Å². The van der Waals surface area contributed by atoms with E-state index in [0.29, 0.717) is 19.1 Å². The zero-order chi connectivity index (χ0) is 17.6. The maximum absolute atomic E-state index is 12.2. The largest absolute Gasteiger partial charge is 0.395 e. The van der Waals surface area contributed by atoms with Crippen LogP contribution >= 0.6 is 0 Å². The Bertz CT molecular complexity index is 710. The van der Waals surface area contributed by atoms with Crippen LogP contribution in [0.4, 0.5) is 0 Å². The molecule has 5 heteroatoms. The quantitative estimate of drug-likeness (QED) is 0.723. The van der Waals surface area contributed by atoms with Crippen LogP contribution in [0.25, 0.3) is 10.9 Å². The topological polar surface area (TPSA) is 57.5 Å². The molecule has 25 heavy (non-hydrogen) atoms. The number of aliphatic hydroxyl groups is 1. The summed E-state index contributed by atoms with van der Waals surface area (Å²) < 4.78 is 2.02. The molecule has 0 saturated carbocycles. The summed E-state index contributed by atoms with van der Waals surface area (Å²) >= 11 is 0. The zero-order valence-electron chi connectivity index (χ0n) is 15.1. The maximum atomic E-state index is 12.2. The molecule has 2 heterocycles. The minimum Gasteiger partial charge on any atom is -0.395 e. The molecule has 1 saturated heterocycles. The molecule has 5 nitrogen and oxygen atoms in total. The summed E-state index contributed by atoms with van der Waals surface area (Å²) in [6.45, 7) is 5.54. The number of carbonyl (C=O) groups is 1. The van der Waals surface area contributed by atoms with E-state index in [9.17, 15) is 9.90 Å². The molecule has 1 amide bonds. The monoisotopic (exact) mass is 343 g/mol. The van der Waals surface area contributed by atoms with Gasteiger partial charge in [0.05, 0.1) is 6.61 Å². The molecule has 0 radical (unpaired) electrons. The Morgan fingerprint density at radius 2 is 2.16 bits per heavy atom. The number of likely N-dealkylation sites (tertiary alicyclic amines) is 1. The molecular formula is C20H29N3O2. The predicted molar refractivity (Wildman–Crippen MR) is 101 cm³/mol. The summed E-state index contributed by atoms with van der Waals surface area (Å²) in [4.78, 5) is 14.6. The lowest BCUT2D eigenvalue weighted by molar-refractivity contribution is -0.121. The number of aromatic nitrogens is 1. The highest BCUT2D eigenvalue weighted by molar-refractivity contribution is 5.85. The van der Waals surface area contributed by atoms with Crippen LogP contribution < -0.4 is 5.32 Å². The molecule has 1 atom stereocenters. The highest BCUT2D eigenvalue weighted by Crippen LogP contribution is 2.20. The van der Waals surface area contributed by atoms with Crippen molar-refractivity contribution in [1.82, 2.24) is 14.8 Å². The molecule has 2 aromatic rings. The van der Waals surface area contributed by atoms with Crippen molar-refractivity contribution in [3.8, 4) is 0 Å². The SMILES string of the molecule is Cc1cn(CC(=O)NCCCCN2CCCC2CO)c2ccccc12. The molecule has 1 aromatic heterocycles. The van der Waals surface area contributed by atoms with Gasteiger partial charge in [-0.05, 0) is 57.3 Å². The Hall–Kier alpha value is -1.85. The first kappa shape index (κ1) is 18.0. The minimum absolute atomic E-state index is 0.0650. The summed E-state index contributed by atoms with van der Waals surface area (Å²) in [5, 5.41) is 13.6. The molecule has 0 aliphatic carbocycles. The third kappa shape index (κ3) is 4.41. The van der Waals surface area contributed by atoms with E-state index in [1.54, 1.807) is 0 Å². The Kier molecular flexibility index (Phi) is 6.10. The van der Waals surface area contributed by atoms with Gasteiger partial charge in [0.25, 0.3) is 0 Å². The number of nitrogens with one attached hydrogen (secondary N) is 1. The number of para-hydroxylation sites is 1. The first-order valence-corrected chi connectivity index (χ1v) is 9.35. The van der Waals surface area contributed by atoms with Crippen molar-refractivity contribution in [1.29, 1.82) is 0 Å². The van der Waals surface area contributed by atoms with Gasteiger partial charge in [0, 0.05) is 29.7 Å². The molecule has 1 aromatic carbocycles. The zero-order valence-corrected chi connectivity index (χ0v) is 15.1. The second-order valence-corrected chi connectivity index (χ2v) is 7.03. The molecule has 1 unspecified atom stereocenters. The number of rotatable bonds is 8. The maximum Gasteiger partial charge on any atom is 0.239 e. The fourth-order valence-electron chi connectivity index (χ4n) is 3.84. The normalized spacial score (nSPS) is 18.1. The van der Waals surface area contributed by atoms with E-state index in [2.05, 4.69) is 29.3 Å². The second-order valence-electron chi connectivity index (χ2n) is 7.03. The van der Waals surface area contributed by atoms with E-state index < -0.39 is 0 Å². The second kappa shape index (κ2) is 8.50. The standard InChI is InChI=1S/C20H29N3O2/c1-16-13-23(19-9-3-2-8-18(16)19)14-20(25)21-10-4-5-11-22-12-6-7-17(22)15-24/h2-3,8-9,13,17,24H,4-7,10-12,14-15H2,1H3,(H,21,25). The first-order chi connectivity index (χ1) is 12.2. The van der Waals surface area contributed by atoms with Crippen molar-refractivity contribution in [2.24, 2.45) is 0 Å². The van der Waals surface area contributed by atoms with Crippen LogP contribution in [0.15, 0.2) is 30.5 Å². The number of hydrogen-bond acceptors (Lipinski definition) is 3. The summed E-state index contributed by atoms with van der Waals surface area (Å²) in [7, 11) is 0. The summed E-state index contributed by atoms with van der Waals surface area (Å²) in [6, 6.07) is 8.54. The van der Waals surface area contributed by atoms with Gasteiger partial charge >= 0.3 is 0 Å². The van der Waals surface area contributed by atoms with Crippen LogP contribution in [0.2, 0.25) is 0 Å². The first-order valence-electron chi connectivity index (χ1n) is 9.35. The van der Waals surface area contributed by atoms with Crippen molar-refractivity contribution in [3.63, 3.8) is 0 Å². The molecule has 1 fully saturated rings. The molecule has 1 aliphatic rings. The van der Waals surface area contributed by atoms with Crippen LogP contribution in [-0.4, -0.2) is 52.8 Å². The number of hydrogen-bond donors (Lipinski definition) is 2. The van der Waals surface area contributed by atoms with Gasteiger partial charge in [-0.25, -0.2) is 0 Å². The Morgan fingerprint density at radius 1 is 1.32 bits per heavy atom. The number of amides is 1. The summed E-state index contributed by atoms with van der Waals surface area (Å²) in [5.74, 6) is 0.0650. The Labute approximate surface area is 149 Å². The summed E-state index contributed by atoms with van der Waals surface area (Å²) in [6.07, 6.45) is 6.38. The summed E-state index contributed by atoms with van der Waals surface area (Å²) in [5.41, 5.74) is 2.31. The van der Waals surface area contributed by atoms with E-state index in [4.69, 9.17) is 0 Å². The van der Waals surface area contributed by atoms with E-state index in [-0.39, 0.29) is 12.5 Å². The smallest absolute Gasteiger partial charge is 0.239 e. The van der Waals surface area contributed by atoms with Crippen LogP contribution in [0, 0.1) is 6.92 Å². The van der Waals surface area contributed by atoms with Crippen LogP contribution in [-0.2, 0) is 11.3 Å².